The van der Waals surface area contributed by atoms with Crippen LogP contribution in [-0.4, -0.2) is 34.9 Å². The van der Waals surface area contributed by atoms with Gasteiger partial charge in [0.1, 0.15) is 5.69 Å². The number of rotatable bonds is 3. The van der Waals surface area contributed by atoms with Crippen LogP contribution in [0.5, 0.6) is 0 Å². The van der Waals surface area contributed by atoms with E-state index >= 15 is 0 Å². The molecule has 2 aromatic rings. The molecule has 23 heavy (non-hydrogen) atoms. The Balaban J connectivity index is 1.46. The number of aromatic nitrogens is 1. The van der Waals surface area contributed by atoms with Gasteiger partial charge in [-0.1, -0.05) is 12.5 Å². The number of fused-ring (bicyclic) bond motifs is 1. The number of amides is 1. The topological polar surface area (TPSA) is 45.2 Å². The van der Waals surface area contributed by atoms with Crippen LogP contribution < -0.4 is 5.32 Å². The number of anilines is 1. The first kappa shape index (κ1) is 14.8. The fraction of sp³-hybridized carbons (Fsp3) is 0.444. The highest BCUT2D eigenvalue weighted by Crippen LogP contribution is 2.28. The first-order chi connectivity index (χ1) is 11.3. The number of hydrogen-bond donors (Lipinski definition) is 1. The summed E-state index contributed by atoms with van der Waals surface area (Å²) < 4.78 is 0. The lowest BCUT2D eigenvalue weighted by atomic mass is 9.91. The largest absolute Gasteiger partial charge is 0.321 e. The van der Waals surface area contributed by atoms with Gasteiger partial charge in [0.15, 0.2) is 0 Å². The van der Waals surface area contributed by atoms with Gasteiger partial charge in [-0.25, -0.2) is 4.98 Å². The van der Waals surface area contributed by atoms with E-state index in [2.05, 4.69) is 27.3 Å². The molecule has 0 saturated heterocycles. The fourth-order valence-corrected chi connectivity index (χ4v) is 3.99. The average molecular weight is 327 g/mol. The quantitative estimate of drug-likeness (QED) is 0.940. The first-order valence-corrected chi connectivity index (χ1v) is 9.29. The summed E-state index contributed by atoms with van der Waals surface area (Å²) in [6.45, 7) is 2.31. The Labute approximate surface area is 140 Å². The van der Waals surface area contributed by atoms with Gasteiger partial charge in [0.2, 0.25) is 0 Å². The molecule has 0 spiro atoms. The number of carbonyl (C=O) groups excluding carboxylic acids is 1. The Kier molecular flexibility index (Phi) is 4.14. The van der Waals surface area contributed by atoms with Crippen LogP contribution in [0.4, 0.5) is 5.69 Å². The normalized spacial score (nSPS) is 18.8. The third-order valence-corrected chi connectivity index (χ3v) is 5.64. The van der Waals surface area contributed by atoms with Gasteiger partial charge >= 0.3 is 0 Å². The SMILES string of the molecule is O=C(Nc1ccc2c(c1)CCN(C1CCC1)CC2)c1cscn1. The van der Waals surface area contributed by atoms with Crippen LogP contribution in [0, 0.1) is 0 Å². The maximum Gasteiger partial charge on any atom is 0.275 e. The van der Waals surface area contributed by atoms with E-state index in [1.807, 2.05) is 6.07 Å². The second kappa shape index (κ2) is 6.42. The van der Waals surface area contributed by atoms with Crippen molar-refractivity contribution in [2.75, 3.05) is 18.4 Å². The molecule has 4 rings (SSSR count). The molecular weight excluding hydrogens is 306 g/mol. The summed E-state index contributed by atoms with van der Waals surface area (Å²) in [4.78, 5) is 18.8. The first-order valence-electron chi connectivity index (χ1n) is 8.35. The number of benzene rings is 1. The molecular formula is C18H21N3OS. The third kappa shape index (κ3) is 3.16. The lowest BCUT2D eigenvalue weighted by molar-refractivity contribution is 0.102. The van der Waals surface area contributed by atoms with E-state index in [0.29, 0.717) is 5.69 Å². The van der Waals surface area contributed by atoms with Gasteiger partial charge in [0, 0.05) is 30.2 Å². The summed E-state index contributed by atoms with van der Waals surface area (Å²) >= 11 is 1.44. The molecule has 1 fully saturated rings. The highest BCUT2D eigenvalue weighted by Gasteiger charge is 2.26. The average Bonchev–Trinajstić information content (AvgIpc) is 2.96. The van der Waals surface area contributed by atoms with Crippen LogP contribution in [0.2, 0.25) is 0 Å². The molecule has 0 bridgehead atoms. The number of nitrogens with one attached hydrogen (secondary N) is 1. The molecule has 1 aliphatic carbocycles. The number of nitrogens with zero attached hydrogens (tertiary/aromatic N) is 2. The minimum absolute atomic E-state index is 0.129. The molecule has 0 unspecified atom stereocenters. The Morgan fingerprint density at radius 3 is 2.74 bits per heavy atom. The molecule has 120 valence electrons. The predicted octanol–water partition coefficient (Wildman–Crippen LogP) is 3.35. The number of thiazole rings is 1. The van der Waals surface area contributed by atoms with E-state index in [1.165, 1.54) is 48.3 Å². The Morgan fingerprint density at radius 2 is 2.04 bits per heavy atom. The fourth-order valence-electron chi connectivity index (χ4n) is 3.46. The van der Waals surface area contributed by atoms with Crippen molar-refractivity contribution in [3.63, 3.8) is 0 Å². The number of hydrogen-bond acceptors (Lipinski definition) is 4. The highest BCUT2D eigenvalue weighted by atomic mass is 32.1. The van der Waals surface area contributed by atoms with Gasteiger partial charge in [-0.3, -0.25) is 9.69 Å². The van der Waals surface area contributed by atoms with Gasteiger partial charge in [-0.05, 0) is 48.9 Å². The van der Waals surface area contributed by atoms with Crippen LogP contribution in [0.25, 0.3) is 0 Å². The lowest BCUT2D eigenvalue weighted by Gasteiger charge is -2.36. The van der Waals surface area contributed by atoms with Crippen LogP contribution in [-0.2, 0) is 12.8 Å². The van der Waals surface area contributed by atoms with Crippen molar-refractivity contribution in [2.45, 2.75) is 38.1 Å². The van der Waals surface area contributed by atoms with Gasteiger partial charge in [0.25, 0.3) is 5.91 Å². The Hall–Kier alpha value is -1.72. The lowest BCUT2D eigenvalue weighted by Crippen LogP contribution is -2.41. The van der Waals surface area contributed by atoms with Crippen molar-refractivity contribution >= 4 is 22.9 Å². The maximum atomic E-state index is 12.1. The summed E-state index contributed by atoms with van der Waals surface area (Å²) in [6, 6.07) is 7.15. The van der Waals surface area contributed by atoms with Crippen molar-refractivity contribution in [1.29, 1.82) is 0 Å². The molecule has 1 N–H and O–H groups in total. The third-order valence-electron chi connectivity index (χ3n) is 5.06. The molecule has 2 heterocycles. The Morgan fingerprint density at radius 1 is 1.22 bits per heavy atom. The zero-order valence-electron chi connectivity index (χ0n) is 13.1. The van der Waals surface area contributed by atoms with Crippen LogP contribution in [0.3, 0.4) is 0 Å². The van der Waals surface area contributed by atoms with E-state index in [9.17, 15) is 4.79 Å². The smallest absolute Gasteiger partial charge is 0.275 e. The van der Waals surface area contributed by atoms with Gasteiger partial charge in [0.05, 0.1) is 5.51 Å². The minimum Gasteiger partial charge on any atom is -0.321 e. The molecule has 4 nitrogen and oxygen atoms in total. The Bertz CT molecular complexity index is 694. The molecule has 0 radical (unpaired) electrons. The van der Waals surface area contributed by atoms with Crippen LogP contribution in [0.1, 0.15) is 40.9 Å². The summed E-state index contributed by atoms with van der Waals surface area (Å²) in [5.74, 6) is -0.129. The molecule has 5 heteroatoms. The van der Waals surface area contributed by atoms with Crippen LogP contribution in [0.15, 0.2) is 29.1 Å². The van der Waals surface area contributed by atoms with Gasteiger partial charge in [-0.15, -0.1) is 11.3 Å². The summed E-state index contributed by atoms with van der Waals surface area (Å²) in [5, 5.41) is 4.74. The predicted molar refractivity (Wildman–Crippen MR) is 93.1 cm³/mol. The van der Waals surface area contributed by atoms with Crippen molar-refractivity contribution < 1.29 is 4.79 Å². The van der Waals surface area contributed by atoms with Gasteiger partial charge < -0.3 is 5.32 Å². The molecule has 1 aliphatic heterocycles. The monoisotopic (exact) mass is 327 g/mol. The van der Waals surface area contributed by atoms with Crippen molar-refractivity contribution in [1.82, 2.24) is 9.88 Å². The molecule has 1 saturated carbocycles. The van der Waals surface area contributed by atoms with Crippen molar-refractivity contribution in [3.05, 3.63) is 45.9 Å². The van der Waals surface area contributed by atoms with Gasteiger partial charge in [-0.2, -0.15) is 0 Å². The number of carbonyl (C=O) groups is 1. The van der Waals surface area contributed by atoms with Crippen molar-refractivity contribution in [3.8, 4) is 0 Å². The molecule has 1 amide bonds. The standard InChI is InChI=1S/C18H21N3OS/c22-18(17-11-23-12-19-17)20-15-5-4-13-6-8-21(16-2-1-3-16)9-7-14(13)10-15/h4-5,10-12,16H,1-3,6-9H2,(H,20,22). The zero-order chi connectivity index (χ0) is 15.6. The second-order valence-electron chi connectivity index (χ2n) is 6.43. The van der Waals surface area contributed by atoms with E-state index < -0.39 is 0 Å². The zero-order valence-corrected chi connectivity index (χ0v) is 13.9. The van der Waals surface area contributed by atoms with E-state index in [-0.39, 0.29) is 5.91 Å². The van der Waals surface area contributed by atoms with E-state index in [0.717, 1.165) is 31.1 Å². The molecule has 2 aliphatic rings. The van der Waals surface area contributed by atoms with E-state index in [1.54, 1.807) is 10.9 Å². The van der Waals surface area contributed by atoms with Crippen molar-refractivity contribution in [2.24, 2.45) is 0 Å². The second-order valence-corrected chi connectivity index (χ2v) is 7.15. The molecule has 0 atom stereocenters. The summed E-state index contributed by atoms with van der Waals surface area (Å²) in [5.41, 5.74) is 5.85. The summed E-state index contributed by atoms with van der Waals surface area (Å²) in [6.07, 6.45) is 6.32. The molecule has 1 aromatic carbocycles. The van der Waals surface area contributed by atoms with E-state index in [4.69, 9.17) is 0 Å². The van der Waals surface area contributed by atoms with Crippen LogP contribution >= 0.6 is 11.3 Å². The maximum absolute atomic E-state index is 12.1. The summed E-state index contributed by atoms with van der Waals surface area (Å²) in [7, 11) is 0. The highest BCUT2D eigenvalue weighted by molar-refractivity contribution is 7.07. The molecule has 1 aromatic heterocycles. The minimum atomic E-state index is -0.129.